The van der Waals surface area contributed by atoms with Crippen LogP contribution in [0.3, 0.4) is 0 Å². The maximum absolute atomic E-state index is 6.26. The molecule has 0 radical (unpaired) electrons. The van der Waals surface area contributed by atoms with Crippen molar-refractivity contribution < 1.29 is 4.42 Å². The second kappa shape index (κ2) is 10.5. The van der Waals surface area contributed by atoms with E-state index in [4.69, 9.17) is 19.4 Å². The van der Waals surface area contributed by atoms with Gasteiger partial charge in [-0.15, -0.1) is 0 Å². The van der Waals surface area contributed by atoms with Crippen molar-refractivity contribution in [1.29, 1.82) is 0 Å². The highest BCUT2D eigenvalue weighted by Crippen LogP contribution is 2.52. The summed E-state index contributed by atoms with van der Waals surface area (Å²) in [7, 11) is 0. The van der Waals surface area contributed by atoms with E-state index in [1.165, 1.54) is 22.3 Å². The van der Waals surface area contributed by atoms with E-state index in [0.29, 0.717) is 17.6 Å². The normalized spacial score (nSPS) is 13.4. The second-order valence-electron chi connectivity index (χ2n) is 12.5. The third kappa shape index (κ3) is 4.35. The van der Waals surface area contributed by atoms with Crippen LogP contribution in [0.15, 0.2) is 150 Å². The largest absolute Gasteiger partial charge is 0.456 e. The first-order chi connectivity index (χ1) is 23.1. The van der Waals surface area contributed by atoms with Gasteiger partial charge in [0.2, 0.25) is 5.95 Å². The zero-order valence-corrected chi connectivity index (χ0v) is 26.1. The summed E-state index contributed by atoms with van der Waals surface area (Å²) in [6.45, 7) is 4.60. The van der Waals surface area contributed by atoms with Gasteiger partial charge in [-0.05, 0) is 52.6 Å². The predicted molar refractivity (Wildman–Crippen MR) is 190 cm³/mol. The number of hydrogen-bond donors (Lipinski definition) is 0. The molecule has 224 valence electrons. The summed E-state index contributed by atoms with van der Waals surface area (Å²) in [4.78, 5) is 17.8. The van der Waals surface area contributed by atoms with E-state index < -0.39 is 0 Å². The highest BCUT2D eigenvalue weighted by atomic mass is 16.3. The van der Waals surface area contributed by atoms with E-state index in [2.05, 4.69) is 104 Å². The third-order valence-corrected chi connectivity index (χ3v) is 9.34. The molecule has 0 fully saturated rings. The number of hydrogen-bond acceptors (Lipinski definition) is 5. The second-order valence-corrected chi connectivity index (χ2v) is 12.5. The lowest BCUT2D eigenvalue weighted by molar-refractivity contribution is 0.631. The lowest BCUT2D eigenvalue weighted by Crippen LogP contribution is -2.31. The lowest BCUT2D eigenvalue weighted by Gasteiger charge is -2.41. The Morgan fingerprint density at radius 2 is 1.17 bits per heavy atom. The van der Waals surface area contributed by atoms with Crippen molar-refractivity contribution in [2.24, 2.45) is 0 Å². The minimum atomic E-state index is -0.257. The van der Waals surface area contributed by atoms with Gasteiger partial charge in [-0.1, -0.05) is 129 Å². The minimum Gasteiger partial charge on any atom is -0.456 e. The monoisotopic (exact) mass is 606 g/mol. The summed E-state index contributed by atoms with van der Waals surface area (Å²) >= 11 is 0. The Morgan fingerprint density at radius 1 is 0.511 bits per heavy atom. The fourth-order valence-corrected chi connectivity index (χ4v) is 6.99. The zero-order valence-electron chi connectivity index (χ0n) is 26.1. The zero-order chi connectivity index (χ0) is 31.5. The van der Waals surface area contributed by atoms with Crippen molar-refractivity contribution in [3.8, 4) is 33.9 Å². The van der Waals surface area contributed by atoms with E-state index in [1.54, 1.807) is 0 Å². The van der Waals surface area contributed by atoms with Gasteiger partial charge in [-0.25, -0.2) is 4.98 Å². The Hall–Kier alpha value is -6.07. The van der Waals surface area contributed by atoms with Crippen LogP contribution in [-0.4, -0.2) is 15.0 Å². The van der Waals surface area contributed by atoms with Crippen LogP contribution in [0.5, 0.6) is 0 Å². The van der Waals surface area contributed by atoms with Crippen LogP contribution in [0.1, 0.15) is 25.0 Å². The van der Waals surface area contributed by atoms with Gasteiger partial charge >= 0.3 is 0 Å². The molecular weight excluding hydrogens is 576 g/mol. The SMILES string of the molecule is CC1(C)c2ccccc2N(c2nc(-c3ccccc3)nc(-c3cccc4oc5ccccc5c34)n2)c2ccc(-c3ccccc3)cc21. The molecule has 0 unspecified atom stereocenters. The fourth-order valence-electron chi connectivity index (χ4n) is 6.99. The summed E-state index contributed by atoms with van der Waals surface area (Å²) < 4.78 is 6.26. The number of anilines is 3. The van der Waals surface area contributed by atoms with Gasteiger partial charge in [0.1, 0.15) is 11.2 Å². The molecule has 3 heterocycles. The highest BCUT2D eigenvalue weighted by molar-refractivity contribution is 6.11. The predicted octanol–water partition coefficient (Wildman–Crippen LogP) is 10.9. The van der Waals surface area contributed by atoms with Crippen molar-refractivity contribution in [3.05, 3.63) is 157 Å². The average molecular weight is 607 g/mol. The molecule has 2 aromatic heterocycles. The average Bonchev–Trinajstić information content (AvgIpc) is 3.51. The van der Waals surface area contributed by atoms with Gasteiger partial charge in [0, 0.05) is 27.3 Å². The van der Waals surface area contributed by atoms with Crippen molar-refractivity contribution in [2.45, 2.75) is 19.3 Å². The first-order valence-electron chi connectivity index (χ1n) is 15.9. The van der Waals surface area contributed by atoms with Crippen LogP contribution >= 0.6 is 0 Å². The Morgan fingerprint density at radius 3 is 2.00 bits per heavy atom. The van der Waals surface area contributed by atoms with Crippen molar-refractivity contribution >= 4 is 39.3 Å². The number of nitrogens with zero attached hydrogens (tertiary/aromatic N) is 4. The molecule has 47 heavy (non-hydrogen) atoms. The summed E-state index contributed by atoms with van der Waals surface area (Å²) in [5.41, 5.74) is 10.1. The number of para-hydroxylation sites is 2. The number of aromatic nitrogens is 3. The molecule has 1 aliphatic rings. The van der Waals surface area contributed by atoms with Crippen molar-refractivity contribution in [2.75, 3.05) is 4.90 Å². The maximum Gasteiger partial charge on any atom is 0.238 e. The van der Waals surface area contributed by atoms with Crippen LogP contribution in [-0.2, 0) is 5.41 Å². The third-order valence-electron chi connectivity index (χ3n) is 9.34. The summed E-state index contributed by atoms with van der Waals surface area (Å²) in [6.07, 6.45) is 0. The van der Waals surface area contributed by atoms with Gasteiger partial charge in [0.05, 0.1) is 11.4 Å². The van der Waals surface area contributed by atoms with Crippen molar-refractivity contribution in [3.63, 3.8) is 0 Å². The quantitative estimate of drug-likeness (QED) is 0.199. The Labute approximate surface area is 272 Å². The van der Waals surface area contributed by atoms with Gasteiger partial charge in [-0.3, -0.25) is 4.90 Å². The number of furan rings is 1. The molecule has 0 spiro atoms. The molecule has 0 saturated heterocycles. The molecule has 0 saturated carbocycles. The van der Waals surface area contributed by atoms with E-state index in [0.717, 1.165) is 44.4 Å². The van der Waals surface area contributed by atoms with E-state index in [9.17, 15) is 0 Å². The van der Waals surface area contributed by atoms with Gasteiger partial charge in [0.25, 0.3) is 0 Å². The lowest BCUT2D eigenvalue weighted by atomic mass is 9.73. The molecule has 8 aromatic rings. The smallest absolute Gasteiger partial charge is 0.238 e. The molecule has 5 heteroatoms. The van der Waals surface area contributed by atoms with Gasteiger partial charge < -0.3 is 4.42 Å². The molecule has 0 N–H and O–H groups in total. The molecule has 0 atom stereocenters. The fraction of sp³-hybridized carbons (Fsp3) is 0.0714. The Kier molecular flexibility index (Phi) is 6.09. The van der Waals surface area contributed by atoms with E-state index in [-0.39, 0.29) is 5.41 Å². The molecule has 6 aromatic carbocycles. The standard InChI is InChI=1S/C42H30N4O/c1-42(2)32-20-10-11-21-34(32)46(35-25-24-29(26-33(35)42)27-14-5-3-6-15-27)41-44-39(28-16-7-4-8-17-28)43-40(45-41)31-19-13-23-37-38(31)30-18-9-12-22-36(30)47-37/h3-26H,1-2H3. The molecule has 0 aliphatic carbocycles. The number of fused-ring (bicyclic) bond motifs is 5. The van der Waals surface area contributed by atoms with E-state index in [1.807, 2.05) is 60.7 Å². The molecule has 0 bridgehead atoms. The van der Waals surface area contributed by atoms with Crippen LogP contribution in [0.2, 0.25) is 0 Å². The van der Waals surface area contributed by atoms with Crippen LogP contribution in [0.4, 0.5) is 17.3 Å². The number of rotatable bonds is 4. The van der Waals surface area contributed by atoms with Crippen LogP contribution in [0.25, 0.3) is 55.8 Å². The first kappa shape index (κ1) is 27.3. The highest BCUT2D eigenvalue weighted by Gasteiger charge is 2.38. The molecule has 5 nitrogen and oxygen atoms in total. The Balaban J connectivity index is 1.32. The summed E-state index contributed by atoms with van der Waals surface area (Å²) in [6, 6.07) is 50.2. The molecule has 1 aliphatic heterocycles. The van der Waals surface area contributed by atoms with Crippen LogP contribution < -0.4 is 4.90 Å². The molecule has 9 rings (SSSR count). The maximum atomic E-state index is 6.26. The number of benzene rings is 6. The van der Waals surface area contributed by atoms with Gasteiger partial charge in [0.15, 0.2) is 11.6 Å². The first-order valence-corrected chi connectivity index (χ1v) is 15.9. The summed E-state index contributed by atoms with van der Waals surface area (Å²) in [5.74, 6) is 1.77. The Bertz CT molecular complexity index is 2450. The van der Waals surface area contributed by atoms with Crippen LogP contribution in [0, 0.1) is 0 Å². The minimum absolute atomic E-state index is 0.257. The van der Waals surface area contributed by atoms with Crippen molar-refractivity contribution in [1.82, 2.24) is 15.0 Å². The molecular formula is C42H30N4O. The van der Waals surface area contributed by atoms with E-state index >= 15 is 0 Å². The topological polar surface area (TPSA) is 55.1 Å². The summed E-state index contributed by atoms with van der Waals surface area (Å²) in [5, 5.41) is 2.03. The van der Waals surface area contributed by atoms with Gasteiger partial charge in [-0.2, -0.15) is 9.97 Å². The molecule has 0 amide bonds.